The summed E-state index contributed by atoms with van der Waals surface area (Å²) in [6.07, 6.45) is 0.616. The molecule has 0 aromatic carbocycles. The maximum atomic E-state index is 11.4. The predicted octanol–water partition coefficient (Wildman–Crippen LogP) is 1.65. The maximum absolute atomic E-state index is 11.4. The van der Waals surface area contributed by atoms with Crippen molar-refractivity contribution >= 4 is 23.5 Å². The first-order valence-electron chi connectivity index (χ1n) is 5.58. The molecule has 96 valence electrons. The molecule has 1 aliphatic rings. The van der Waals surface area contributed by atoms with E-state index in [1.54, 1.807) is 11.8 Å². The first-order chi connectivity index (χ1) is 8.41. The van der Waals surface area contributed by atoms with Gasteiger partial charge in [-0.25, -0.2) is 9.78 Å². The molecule has 0 spiro atoms. The molecule has 0 unspecified atom stereocenters. The first-order valence-corrected chi connectivity index (χ1v) is 5.96. The molecule has 0 atom stereocenters. The molecule has 1 amide bonds. The highest BCUT2D eigenvalue weighted by atomic mass is 35.5. The van der Waals surface area contributed by atoms with Crippen molar-refractivity contribution in [2.45, 2.75) is 26.8 Å². The van der Waals surface area contributed by atoms with Crippen LogP contribution in [0.4, 0.5) is 0 Å². The van der Waals surface area contributed by atoms with Gasteiger partial charge in [-0.15, -0.1) is 0 Å². The molecule has 18 heavy (non-hydrogen) atoms. The number of pyridine rings is 1. The van der Waals surface area contributed by atoms with Gasteiger partial charge in [0.2, 0.25) is 5.91 Å². The minimum absolute atomic E-state index is 0.0100. The van der Waals surface area contributed by atoms with Crippen molar-refractivity contribution in [2.24, 2.45) is 0 Å². The van der Waals surface area contributed by atoms with Gasteiger partial charge < -0.3 is 10.0 Å². The summed E-state index contributed by atoms with van der Waals surface area (Å²) in [5.41, 5.74) is 2.27. The number of aromatic nitrogens is 1. The summed E-state index contributed by atoms with van der Waals surface area (Å²) in [6.45, 7) is 4.15. The van der Waals surface area contributed by atoms with Crippen LogP contribution in [-0.2, 0) is 17.8 Å². The van der Waals surface area contributed by atoms with Crippen molar-refractivity contribution < 1.29 is 14.7 Å². The molecule has 1 aromatic rings. The van der Waals surface area contributed by atoms with E-state index in [2.05, 4.69) is 4.98 Å². The number of aryl methyl sites for hydroxylation is 1. The Bertz CT molecular complexity index is 543. The molecule has 0 bridgehead atoms. The zero-order valence-corrected chi connectivity index (χ0v) is 10.9. The molecule has 6 heteroatoms. The van der Waals surface area contributed by atoms with Crippen LogP contribution in [0.25, 0.3) is 0 Å². The molecule has 0 saturated carbocycles. The van der Waals surface area contributed by atoms with Gasteiger partial charge in [-0.2, -0.15) is 0 Å². The maximum Gasteiger partial charge on any atom is 0.339 e. The minimum atomic E-state index is -1.10. The van der Waals surface area contributed by atoms with Gasteiger partial charge in [0.25, 0.3) is 0 Å². The SMILES string of the molecule is CC(=O)N1CCc2c(C)nc(Cl)c(C(=O)O)c2C1. The normalized spacial score (nSPS) is 14.3. The Balaban J connectivity index is 2.58. The van der Waals surface area contributed by atoms with E-state index in [4.69, 9.17) is 11.6 Å². The second kappa shape index (κ2) is 4.57. The summed E-state index contributed by atoms with van der Waals surface area (Å²) < 4.78 is 0. The lowest BCUT2D eigenvalue weighted by Gasteiger charge is -2.29. The molecule has 0 saturated heterocycles. The lowest BCUT2D eigenvalue weighted by Crippen LogP contribution is -2.36. The fraction of sp³-hybridized carbons (Fsp3) is 0.417. The molecular weight excluding hydrogens is 256 g/mol. The smallest absolute Gasteiger partial charge is 0.339 e. The topological polar surface area (TPSA) is 70.5 Å². The second-order valence-electron chi connectivity index (χ2n) is 4.32. The molecule has 2 rings (SSSR count). The van der Waals surface area contributed by atoms with E-state index in [1.165, 1.54) is 6.92 Å². The first kappa shape index (κ1) is 12.8. The van der Waals surface area contributed by atoms with E-state index in [-0.39, 0.29) is 23.2 Å². The third-order valence-corrected chi connectivity index (χ3v) is 3.49. The zero-order chi connectivity index (χ0) is 13.4. The summed E-state index contributed by atoms with van der Waals surface area (Å²) in [6, 6.07) is 0. The van der Waals surface area contributed by atoms with Crippen LogP contribution >= 0.6 is 11.6 Å². The van der Waals surface area contributed by atoms with E-state index in [1.807, 2.05) is 0 Å². The van der Waals surface area contributed by atoms with Crippen LogP contribution in [0.15, 0.2) is 0 Å². The Morgan fingerprint density at radius 3 is 2.61 bits per heavy atom. The third kappa shape index (κ3) is 2.06. The third-order valence-electron chi connectivity index (χ3n) is 3.21. The summed E-state index contributed by atoms with van der Waals surface area (Å²) in [5.74, 6) is -1.17. The number of hydrogen-bond donors (Lipinski definition) is 1. The van der Waals surface area contributed by atoms with Gasteiger partial charge in [-0.3, -0.25) is 4.79 Å². The predicted molar refractivity (Wildman–Crippen MR) is 65.7 cm³/mol. The quantitative estimate of drug-likeness (QED) is 0.786. The molecule has 0 aliphatic carbocycles. The summed E-state index contributed by atoms with van der Waals surface area (Å²) in [7, 11) is 0. The number of aromatic carboxylic acids is 1. The van der Waals surface area contributed by atoms with E-state index in [0.717, 1.165) is 11.3 Å². The Labute approximate surface area is 109 Å². The van der Waals surface area contributed by atoms with Crippen LogP contribution < -0.4 is 0 Å². The van der Waals surface area contributed by atoms with Crippen LogP contribution in [0, 0.1) is 6.92 Å². The number of carboxylic acid groups (broad SMARTS) is 1. The van der Waals surface area contributed by atoms with Crippen molar-refractivity contribution in [1.82, 2.24) is 9.88 Å². The van der Waals surface area contributed by atoms with Crippen molar-refractivity contribution in [3.63, 3.8) is 0 Å². The number of halogens is 1. The average Bonchev–Trinajstić information content (AvgIpc) is 2.27. The van der Waals surface area contributed by atoms with E-state index < -0.39 is 5.97 Å². The summed E-state index contributed by atoms with van der Waals surface area (Å²) >= 11 is 5.89. The van der Waals surface area contributed by atoms with Gasteiger partial charge in [0.15, 0.2) is 0 Å². The van der Waals surface area contributed by atoms with Crippen LogP contribution in [-0.4, -0.2) is 33.4 Å². The van der Waals surface area contributed by atoms with Crippen LogP contribution in [0.3, 0.4) is 0 Å². The number of fused-ring (bicyclic) bond motifs is 1. The number of hydrogen-bond acceptors (Lipinski definition) is 3. The van der Waals surface area contributed by atoms with Crippen LogP contribution in [0.2, 0.25) is 5.15 Å². The second-order valence-corrected chi connectivity index (χ2v) is 4.67. The number of carbonyl (C=O) groups excluding carboxylic acids is 1. The monoisotopic (exact) mass is 268 g/mol. The molecule has 5 nitrogen and oxygen atoms in total. The highest BCUT2D eigenvalue weighted by Gasteiger charge is 2.27. The highest BCUT2D eigenvalue weighted by Crippen LogP contribution is 2.29. The van der Waals surface area contributed by atoms with E-state index in [0.29, 0.717) is 18.5 Å². The van der Waals surface area contributed by atoms with Crippen molar-refractivity contribution in [3.05, 3.63) is 27.5 Å². The van der Waals surface area contributed by atoms with Crippen LogP contribution in [0.1, 0.15) is 34.1 Å². The fourth-order valence-corrected chi connectivity index (χ4v) is 2.60. The largest absolute Gasteiger partial charge is 0.478 e. The Hall–Kier alpha value is -1.62. The number of carboxylic acids is 1. The molecule has 0 fully saturated rings. The molecule has 2 heterocycles. The van der Waals surface area contributed by atoms with Gasteiger partial charge >= 0.3 is 5.97 Å². The van der Waals surface area contributed by atoms with E-state index >= 15 is 0 Å². The molecule has 0 radical (unpaired) electrons. The van der Waals surface area contributed by atoms with Crippen molar-refractivity contribution in [1.29, 1.82) is 0 Å². The van der Waals surface area contributed by atoms with Gasteiger partial charge in [-0.1, -0.05) is 11.6 Å². The summed E-state index contributed by atoms with van der Waals surface area (Å²) in [4.78, 5) is 28.3. The van der Waals surface area contributed by atoms with Crippen LogP contribution in [0.5, 0.6) is 0 Å². The lowest BCUT2D eigenvalue weighted by atomic mass is 9.95. The van der Waals surface area contributed by atoms with Gasteiger partial charge in [-0.05, 0) is 24.5 Å². The lowest BCUT2D eigenvalue weighted by molar-refractivity contribution is -0.129. The fourth-order valence-electron chi connectivity index (χ4n) is 2.27. The number of carbonyl (C=O) groups is 2. The van der Waals surface area contributed by atoms with Crippen molar-refractivity contribution in [3.8, 4) is 0 Å². The standard InChI is InChI=1S/C12H13ClN2O3/c1-6-8-3-4-15(7(2)16)5-9(8)10(12(17)18)11(13)14-6/h3-5H2,1-2H3,(H,17,18). The average molecular weight is 269 g/mol. The number of nitrogens with zero attached hydrogens (tertiary/aromatic N) is 2. The molecular formula is C12H13ClN2O3. The number of amides is 1. The van der Waals surface area contributed by atoms with Gasteiger partial charge in [0.05, 0.1) is 0 Å². The number of rotatable bonds is 1. The summed E-state index contributed by atoms with van der Waals surface area (Å²) in [5, 5.41) is 9.20. The molecule has 1 N–H and O–H groups in total. The van der Waals surface area contributed by atoms with E-state index in [9.17, 15) is 14.7 Å². The molecule has 1 aliphatic heterocycles. The minimum Gasteiger partial charge on any atom is -0.478 e. The molecule has 1 aromatic heterocycles. The van der Waals surface area contributed by atoms with Gasteiger partial charge in [0, 0.05) is 25.7 Å². The Morgan fingerprint density at radius 2 is 2.06 bits per heavy atom. The Kier molecular flexibility index (Phi) is 3.26. The Morgan fingerprint density at radius 1 is 1.39 bits per heavy atom. The van der Waals surface area contributed by atoms with Gasteiger partial charge in [0.1, 0.15) is 10.7 Å². The van der Waals surface area contributed by atoms with Crippen molar-refractivity contribution in [2.75, 3.05) is 6.54 Å². The zero-order valence-electron chi connectivity index (χ0n) is 10.2. The highest BCUT2D eigenvalue weighted by molar-refractivity contribution is 6.32.